The van der Waals surface area contributed by atoms with Gasteiger partial charge in [-0.3, -0.25) is 4.79 Å². The molecule has 30 heavy (non-hydrogen) atoms. The van der Waals surface area contributed by atoms with Crippen LogP contribution in [0.4, 0.5) is 5.69 Å². The highest BCUT2D eigenvalue weighted by Gasteiger charge is 2.11. The Labute approximate surface area is 197 Å². The number of hydrogen-bond acceptors (Lipinski definition) is 6. The van der Waals surface area contributed by atoms with Crippen LogP contribution in [-0.4, -0.2) is 28.5 Å². The van der Waals surface area contributed by atoms with Gasteiger partial charge in [0.05, 0.1) is 17.4 Å². The van der Waals surface area contributed by atoms with Crippen molar-refractivity contribution < 1.29 is 13.9 Å². The summed E-state index contributed by atoms with van der Waals surface area (Å²) in [5.74, 6) is 0.885. The van der Waals surface area contributed by atoms with E-state index in [1.165, 1.54) is 0 Å². The van der Waals surface area contributed by atoms with Crippen molar-refractivity contribution in [1.82, 2.24) is 10.2 Å². The van der Waals surface area contributed by atoms with Gasteiger partial charge in [-0.05, 0) is 42.8 Å². The number of nitrogens with zero attached hydrogens (tertiary/aromatic N) is 2. The van der Waals surface area contributed by atoms with Gasteiger partial charge in [0.15, 0.2) is 0 Å². The molecule has 3 rings (SSSR count). The second kappa shape index (κ2) is 11.1. The van der Waals surface area contributed by atoms with Crippen molar-refractivity contribution in [1.29, 1.82) is 0 Å². The van der Waals surface area contributed by atoms with E-state index in [4.69, 9.17) is 55.6 Å². The van der Waals surface area contributed by atoms with Gasteiger partial charge in [0.25, 0.3) is 5.22 Å². The van der Waals surface area contributed by atoms with Crippen molar-refractivity contribution in [2.45, 2.75) is 18.1 Å². The minimum absolute atomic E-state index is 0.101. The number of carbonyl (C=O) groups excluding carboxylic acids is 1. The fraction of sp³-hybridized carbons (Fsp3) is 0.211. The Morgan fingerprint density at radius 1 is 1.03 bits per heavy atom. The van der Waals surface area contributed by atoms with E-state index in [2.05, 4.69) is 15.5 Å². The summed E-state index contributed by atoms with van der Waals surface area (Å²) in [6.07, 6.45) is 1.19. The average Bonchev–Trinajstić information content (AvgIpc) is 3.12. The Bertz CT molecular complexity index is 1010. The van der Waals surface area contributed by atoms with Crippen LogP contribution in [0.2, 0.25) is 20.1 Å². The molecule has 0 aliphatic heterocycles. The average molecular weight is 507 g/mol. The topological polar surface area (TPSA) is 77.2 Å². The summed E-state index contributed by atoms with van der Waals surface area (Å²) in [5.41, 5.74) is 0.519. The predicted octanol–water partition coefficient (Wildman–Crippen LogP) is 6.43. The van der Waals surface area contributed by atoms with Crippen LogP contribution in [0, 0.1) is 0 Å². The number of halogens is 4. The van der Waals surface area contributed by atoms with Gasteiger partial charge in [-0.1, -0.05) is 58.2 Å². The van der Waals surface area contributed by atoms with E-state index in [9.17, 15) is 4.79 Å². The Kier molecular flexibility index (Phi) is 8.53. The Morgan fingerprint density at radius 3 is 2.53 bits per heavy atom. The molecule has 0 aliphatic carbocycles. The SMILES string of the molecule is O=C(CSc1nnc(CCCOc2ccc(Cl)cc2Cl)o1)Nc1cc(Cl)cc(Cl)c1. The van der Waals surface area contributed by atoms with Crippen LogP contribution < -0.4 is 10.1 Å². The lowest BCUT2D eigenvalue weighted by molar-refractivity contribution is -0.113. The summed E-state index contributed by atoms with van der Waals surface area (Å²) in [6.45, 7) is 0.427. The number of anilines is 1. The van der Waals surface area contributed by atoms with Crippen LogP contribution in [0.5, 0.6) is 5.75 Å². The molecule has 0 bridgehead atoms. The van der Waals surface area contributed by atoms with E-state index in [1.807, 2.05) is 0 Å². The number of ether oxygens (including phenoxy) is 1. The summed E-state index contributed by atoms with van der Waals surface area (Å²) >= 11 is 24.9. The van der Waals surface area contributed by atoms with Gasteiger partial charge >= 0.3 is 0 Å². The number of rotatable bonds is 9. The minimum atomic E-state index is -0.244. The van der Waals surface area contributed by atoms with E-state index >= 15 is 0 Å². The van der Waals surface area contributed by atoms with E-state index < -0.39 is 0 Å². The molecule has 0 spiro atoms. The first kappa shape index (κ1) is 23.0. The molecule has 158 valence electrons. The van der Waals surface area contributed by atoms with Crippen LogP contribution in [0.25, 0.3) is 0 Å². The third-order valence-electron chi connectivity index (χ3n) is 3.61. The van der Waals surface area contributed by atoms with E-state index in [0.29, 0.717) is 62.1 Å². The monoisotopic (exact) mass is 505 g/mol. The van der Waals surface area contributed by atoms with Crippen LogP contribution in [-0.2, 0) is 11.2 Å². The van der Waals surface area contributed by atoms with E-state index in [0.717, 1.165) is 11.8 Å². The fourth-order valence-corrected chi connectivity index (χ4v) is 3.92. The molecular formula is C19H15Cl4N3O3S. The molecular weight excluding hydrogens is 492 g/mol. The quantitative estimate of drug-likeness (QED) is 0.266. The zero-order chi connectivity index (χ0) is 21.5. The van der Waals surface area contributed by atoms with E-state index in [-0.39, 0.29) is 11.7 Å². The molecule has 11 heteroatoms. The second-order valence-electron chi connectivity index (χ2n) is 5.98. The van der Waals surface area contributed by atoms with Gasteiger partial charge in [0, 0.05) is 27.2 Å². The molecule has 0 radical (unpaired) electrons. The number of nitrogens with one attached hydrogen (secondary N) is 1. The third-order valence-corrected chi connectivity index (χ3v) is 5.39. The van der Waals surface area contributed by atoms with Crippen molar-refractivity contribution >= 4 is 69.8 Å². The largest absolute Gasteiger partial charge is 0.492 e. The maximum Gasteiger partial charge on any atom is 0.277 e. The van der Waals surface area contributed by atoms with Gasteiger partial charge < -0.3 is 14.5 Å². The standard InChI is InChI=1S/C19H15Cl4N3O3S/c20-11-3-4-16(15(23)9-11)28-5-1-2-18-25-26-19(29-18)30-10-17(27)24-14-7-12(21)6-13(22)8-14/h3-4,6-9H,1-2,5,10H2,(H,24,27). The first-order valence-corrected chi connectivity index (χ1v) is 11.2. The maximum absolute atomic E-state index is 12.1. The number of aromatic nitrogens is 2. The van der Waals surface area contributed by atoms with E-state index in [1.54, 1.807) is 36.4 Å². The number of amides is 1. The van der Waals surface area contributed by atoms with Gasteiger partial charge in [0.1, 0.15) is 5.75 Å². The van der Waals surface area contributed by atoms with Crippen molar-refractivity contribution in [3.63, 3.8) is 0 Å². The number of aryl methyl sites for hydroxylation is 1. The highest BCUT2D eigenvalue weighted by molar-refractivity contribution is 7.99. The Hall–Kier alpha value is -1.64. The molecule has 1 N–H and O–H groups in total. The molecule has 0 unspecified atom stereocenters. The van der Waals surface area contributed by atoms with Crippen molar-refractivity contribution in [3.05, 3.63) is 62.4 Å². The second-order valence-corrected chi connectivity index (χ2v) is 8.63. The summed E-state index contributed by atoms with van der Waals surface area (Å²) in [4.78, 5) is 12.1. The molecule has 3 aromatic rings. The molecule has 1 aromatic heterocycles. The first-order valence-electron chi connectivity index (χ1n) is 8.68. The third kappa shape index (κ3) is 7.25. The highest BCUT2D eigenvalue weighted by atomic mass is 35.5. The van der Waals surface area contributed by atoms with Crippen LogP contribution >= 0.6 is 58.2 Å². The van der Waals surface area contributed by atoms with Gasteiger partial charge in [-0.25, -0.2) is 0 Å². The zero-order valence-corrected chi connectivity index (χ0v) is 19.2. The summed E-state index contributed by atoms with van der Waals surface area (Å²) in [7, 11) is 0. The van der Waals surface area contributed by atoms with Crippen LogP contribution in [0.3, 0.4) is 0 Å². The lowest BCUT2D eigenvalue weighted by Crippen LogP contribution is -2.13. The fourth-order valence-electron chi connectivity index (χ4n) is 2.35. The summed E-state index contributed by atoms with van der Waals surface area (Å²) < 4.78 is 11.1. The molecule has 6 nitrogen and oxygen atoms in total. The molecule has 1 amide bonds. The van der Waals surface area contributed by atoms with Gasteiger partial charge in [-0.15, -0.1) is 10.2 Å². The minimum Gasteiger partial charge on any atom is -0.492 e. The number of carbonyl (C=O) groups is 1. The normalized spacial score (nSPS) is 10.8. The molecule has 0 atom stereocenters. The molecule has 0 fully saturated rings. The molecule has 0 aliphatic rings. The van der Waals surface area contributed by atoms with Crippen molar-refractivity contribution in [2.75, 3.05) is 17.7 Å². The molecule has 0 saturated heterocycles. The van der Waals surface area contributed by atoms with Crippen molar-refractivity contribution in [2.24, 2.45) is 0 Å². The van der Waals surface area contributed by atoms with Gasteiger partial charge in [0.2, 0.25) is 11.8 Å². The lowest BCUT2D eigenvalue weighted by atomic mass is 10.3. The maximum atomic E-state index is 12.1. The Balaban J connectivity index is 1.39. The number of thioether (sulfide) groups is 1. The van der Waals surface area contributed by atoms with Crippen LogP contribution in [0.1, 0.15) is 12.3 Å². The number of benzene rings is 2. The predicted molar refractivity (Wildman–Crippen MR) is 120 cm³/mol. The van der Waals surface area contributed by atoms with Crippen molar-refractivity contribution in [3.8, 4) is 5.75 Å². The first-order chi connectivity index (χ1) is 14.4. The molecule has 2 aromatic carbocycles. The highest BCUT2D eigenvalue weighted by Crippen LogP contribution is 2.28. The molecule has 1 heterocycles. The molecule has 0 saturated carbocycles. The Morgan fingerprint density at radius 2 is 1.80 bits per heavy atom. The summed E-state index contributed by atoms with van der Waals surface area (Å²) in [5, 5.41) is 12.8. The lowest BCUT2D eigenvalue weighted by Gasteiger charge is -2.07. The summed E-state index contributed by atoms with van der Waals surface area (Å²) in [6, 6.07) is 9.86. The number of hydrogen-bond donors (Lipinski definition) is 1. The van der Waals surface area contributed by atoms with Crippen LogP contribution in [0.15, 0.2) is 46.0 Å². The smallest absolute Gasteiger partial charge is 0.277 e. The zero-order valence-electron chi connectivity index (χ0n) is 15.3. The van der Waals surface area contributed by atoms with Gasteiger partial charge in [-0.2, -0.15) is 0 Å².